The number of pyridine rings is 1. The van der Waals surface area contributed by atoms with Crippen LogP contribution in [0.2, 0.25) is 0 Å². The minimum absolute atomic E-state index is 0.225. The van der Waals surface area contributed by atoms with Crippen LogP contribution in [-0.2, 0) is 22.6 Å². The molecular formula is C22H18BrF3N4O2S. The van der Waals surface area contributed by atoms with Crippen molar-refractivity contribution in [3.05, 3.63) is 75.9 Å². The molecule has 0 atom stereocenters. The molecule has 4 rings (SSSR count). The number of aromatic nitrogens is 3. The summed E-state index contributed by atoms with van der Waals surface area (Å²) in [6, 6.07) is 11.5. The van der Waals surface area contributed by atoms with E-state index in [-0.39, 0.29) is 10.8 Å². The highest BCUT2D eigenvalue weighted by atomic mass is 79.9. The Labute approximate surface area is 196 Å². The van der Waals surface area contributed by atoms with Crippen molar-refractivity contribution >= 4 is 37.4 Å². The fourth-order valence-corrected chi connectivity index (χ4v) is 4.40. The van der Waals surface area contributed by atoms with Gasteiger partial charge in [0.1, 0.15) is 0 Å². The monoisotopic (exact) mass is 538 g/mol. The lowest BCUT2D eigenvalue weighted by Crippen LogP contribution is -2.05. The number of fused-ring (bicyclic) bond motifs is 1. The molecule has 0 radical (unpaired) electrons. The molecule has 11 heteroatoms. The van der Waals surface area contributed by atoms with Gasteiger partial charge in [0, 0.05) is 29.0 Å². The van der Waals surface area contributed by atoms with Crippen LogP contribution < -0.4 is 5.32 Å². The van der Waals surface area contributed by atoms with Crippen LogP contribution in [0.1, 0.15) is 16.7 Å². The lowest BCUT2D eigenvalue weighted by molar-refractivity contribution is -0.137. The van der Waals surface area contributed by atoms with Gasteiger partial charge in [-0.1, -0.05) is 24.3 Å². The van der Waals surface area contributed by atoms with Gasteiger partial charge in [-0.25, -0.2) is 12.9 Å². The number of halogens is 4. The Bertz CT molecular complexity index is 1450. The summed E-state index contributed by atoms with van der Waals surface area (Å²) >= 11 is 3.45. The summed E-state index contributed by atoms with van der Waals surface area (Å²) < 4.78 is 65.1. The van der Waals surface area contributed by atoms with Gasteiger partial charge in [0.2, 0.25) is 5.95 Å². The Kier molecular flexibility index (Phi) is 5.95. The van der Waals surface area contributed by atoms with E-state index in [9.17, 15) is 21.6 Å². The number of nitrogens with one attached hydrogen (secondary N) is 1. The zero-order valence-corrected chi connectivity index (χ0v) is 19.9. The summed E-state index contributed by atoms with van der Waals surface area (Å²) in [5.41, 5.74) is 2.13. The van der Waals surface area contributed by atoms with Crippen molar-refractivity contribution < 1.29 is 21.6 Å². The normalized spacial score (nSPS) is 12.3. The SMILES string of the molecule is Cc1c(Br)cn2nc(NCc3ccc(S(C)(=O)=O)cc3)nc2c1-c1cccc(C(F)(F)F)c1. The quantitative estimate of drug-likeness (QED) is 0.363. The Hall–Kier alpha value is -2.92. The molecule has 0 aliphatic carbocycles. The third kappa shape index (κ3) is 4.88. The van der Waals surface area contributed by atoms with E-state index in [4.69, 9.17) is 0 Å². The zero-order valence-electron chi connectivity index (χ0n) is 17.5. The number of anilines is 1. The molecule has 2 heterocycles. The van der Waals surface area contributed by atoms with Crippen LogP contribution in [0.4, 0.5) is 19.1 Å². The third-order valence-corrected chi connectivity index (χ3v) is 7.03. The molecule has 2 aromatic carbocycles. The minimum Gasteiger partial charge on any atom is -0.349 e. The first kappa shape index (κ1) is 23.2. The highest BCUT2D eigenvalue weighted by Crippen LogP contribution is 2.36. The molecule has 2 aromatic heterocycles. The number of nitrogens with zero attached hydrogens (tertiary/aromatic N) is 3. The van der Waals surface area contributed by atoms with E-state index in [0.717, 1.165) is 29.5 Å². The number of rotatable bonds is 5. The molecule has 0 fully saturated rings. The maximum absolute atomic E-state index is 13.2. The summed E-state index contributed by atoms with van der Waals surface area (Å²) in [5, 5.41) is 7.46. The predicted octanol–water partition coefficient (Wildman–Crippen LogP) is 5.50. The largest absolute Gasteiger partial charge is 0.416 e. The van der Waals surface area contributed by atoms with Crippen LogP contribution in [0, 0.1) is 6.92 Å². The first-order valence-electron chi connectivity index (χ1n) is 9.69. The van der Waals surface area contributed by atoms with Gasteiger partial charge in [0.05, 0.1) is 10.5 Å². The number of sulfone groups is 1. The Morgan fingerprint density at radius 3 is 2.45 bits per heavy atom. The van der Waals surface area contributed by atoms with E-state index < -0.39 is 21.6 Å². The molecule has 4 aromatic rings. The van der Waals surface area contributed by atoms with Crippen molar-refractivity contribution in [2.24, 2.45) is 0 Å². The Balaban J connectivity index is 1.68. The molecule has 0 unspecified atom stereocenters. The number of hydrogen-bond donors (Lipinski definition) is 1. The zero-order chi connectivity index (χ0) is 24.0. The number of benzene rings is 2. The molecule has 0 bridgehead atoms. The second-order valence-corrected chi connectivity index (χ2v) is 10.4. The predicted molar refractivity (Wildman–Crippen MR) is 123 cm³/mol. The van der Waals surface area contributed by atoms with E-state index in [1.807, 2.05) is 0 Å². The Morgan fingerprint density at radius 2 is 1.82 bits per heavy atom. The van der Waals surface area contributed by atoms with Crippen molar-refractivity contribution in [2.75, 3.05) is 11.6 Å². The maximum Gasteiger partial charge on any atom is 0.416 e. The van der Waals surface area contributed by atoms with Crippen LogP contribution in [0.5, 0.6) is 0 Å². The Morgan fingerprint density at radius 1 is 1.12 bits per heavy atom. The average molecular weight is 539 g/mol. The van der Waals surface area contributed by atoms with Crippen LogP contribution in [0.15, 0.2) is 64.1 Å². The first-order valence-corrected chi connectivity index (χ1v) is 12.4. The molecule has 172 valence electrons. The van der Waals surface area contributed by atoms with E-state index >= 15 is 0 Å². The van der Waals surface area contributed by atoms with Gasteiger partial charge in [0.15, 0.2) is 15.5 Å². The molecule has 0 saturated heterocycles. The fraction of sp³-hybridized carbons (Fsp3) is 0.182. The minimum atomic E-state index is -4.46. The fourth-order valence-electron chi connectivity index (χ4n) is 3.38. The van der Waals surface area contributed by atoms with Crippen molar-refractivity contribution in [1.29, 1.82) is 0 Å². The molecule has 0 amide bonds. The standard InChI is InChI=1S/C22H18BrF3N4O2S/c1-13-18(23)12-30-20(19(13)15-4-3-5-16(10-15)22(24,25)26)28-21(29-30)27-11-14-6-8-17(9-7-14)33(2,31)32/h3-10,12H,11H2,1-2H3,(H,27,29). The van der Waals surface area contributed by atoms with E-state index in [0.29, 0.717) is 27.8 Å². The molecule has 0 spiro atoms. The van der Waals surface area contributed by atoms with Crippen LogP contribution >= 0.6 is 15.9 Å². The second kappa shape index (κ2) is 8.45. The summed E-state index contributed by atoms with van der Waals surface area (Å²) in [7, 11) is -3.28. The summed E-state index contributed by atoms with van der Waals surface area (Å²) in [6.45, 7) is 2.13. The molecule has 1 N–H and O–H groups in total. The molecule has 0 aliphatic rings. The number of alkyl halides is 3. The molecular weight excluding hydrogens is 521 g/mol. The van der Waals surface area contributed by atoms with E-state index in [1.54, 1.807) is 31.3 Å². The van der Waals surface area contributed by atoms with Crippen LogP contribution in [-0.4, -0.2) is 29.3 Å². The summed E-state index contributed by atoms with van der Waals surface area (Å²) in [4.78, 5) is 4.72. The van der Waals surface area contributed by atoms with Gasteiger partial charge in [-0.15, -0.1) is 5.10 Å². The maximum atomic E-state index is 13.2. The van der Waals surface area contributed by atoms with Gasteiger partial charge in [0.25, 0.3) is 0 Å². The number of hydrogen-bond acceptors (Lipinski definition) is 5. The molecule has 6 nitrogen and oxygen atoms in total. The highest BCUT2D eigenvalue weighted by Gasteiger charge is 2.31. The van der Waals surface area contributed by atoms with Gasteiger partial charge in [-0.05, 0) is 63.8 Å². The lowest BCUT2D eigenvalue weighted by Gasteiger charge is -2.12. The van der Waals surface area contributed by atoms with Crippen LogP contribution in [0.3, 0.4) is 0 Å². The average Bonchev–Trinajstić information content (AvgIpc) is 3.14. The molecule has 33 heavy (non-hydrogen) atoms. The van der Waals surface area contributed by atoms with Gasteiger partial charge in [-0.3, -0.25) is 0 Å². The smallest absolute Gasteiger partial charge is 0.349 e. The molecule has 0 aliphatic heterocycles. The lowest BCUT2D eigenvalue weighted by atomic mass is 10.00. The first-order chi connectivity index (χ1) is 15.4. The molecule has 0 saturated carbocycles. The van der Waals surface area contributed by atoms with Gasteiger partial charge in [-0.2, -0.15) is 18.2 Å². The summed E-state index contributed by atoms with van der Waals surface area (Å²) in [5.74, 6) is 0.285. The van der Waals surface area contributed by atoms with Gasteiger partial charge < -0.3 is 5.32 Å². The van der Waals surface area contributed by atoms with Crippen molar-refractivity contribution in [3.8, 4) is 11.1 Å². The van der Waals surface area contributed by atoms with E-state index in [1.165, 1.54) is 22.7 Å². The highest BCUT2D eigenvalue weighted by molar-refractivity contribution is 9.10. The summed E-state index contributed by atoms with van der Waals surface area (Å²) in [6.07, 6.45) is -1.62. The van der Waals surface area contributed by atoms with Crippen molar-refractivity contribution in [1.82, 2.24) is 14.6 Å². The van der Waals surface area contributed by atoms with Crippen molar-refractivity contribution in [2.45, 2.75) is 24.5 Å². The van der Waals surface area contributed by atoms with Gasteiger partial charge >= 0.3 is 6.18 Å². The van der Waals surface area contributed by atoms with Crippen molar-refractivity contribution in [3.63, 3.8) is 0 Å². The van der Waals surface area contributed by atoms with Crippen LogP contribution in [0.25, 0.3) is 16.8 Å². The van der Waals surface area contributed by atoms with E-state index in [2.05, 4.69) is 31.3 Å². The topological polar surface area (TPSA) is 76.4 Å². The third-order valence-electron chi connectivity index (χ3n) is 5.10. The second-order valence-electron chi connectivity index (χ2n) is 7.53.